The third-order valence-electron chi connectivity index (χ3n) is 9.02. The molecule has 3 heterocycles. The van der Waals surface area contributed by atoms with Gasteiger partial charge in [-0.15, -0.1) is 0 Å². The molecular weight excluding hydrogens is 550 g/mol. The number of hydrogen-bond donors (Lipinski definition) is 0. The molecule has 0 spiro atoms. The van der Waals surface area contributed by atoms with Crippen LogP contribution in [0.1, 0.15) is 44.4 Å². The lowest BCUT2D eigenvalue weighted by Gasteiger charge is -2.08. The van der Waals surface area contributed by atoms with Gasteiger partial charge in [-0.25, -0.2) is 0 Å². The second-order valence-electron chi connectivity index (χ2n) is 11.8. The third kappa shape index (κ3) is 4.67. The van der Waals surface area contributed by atoms with E-state index in [0.29, 0.717) is 0 Å². The Balaban J connectivity index is 1.21. The average molecular weight is 586 g/mol. The van der Waals surface area contributed by atoms with Crippen LogP contribution in [0.2, 0.25) is 0 Å². The van der Waals surface area contributed by atoms with Crippen molar-refractivity contribution in [1.29, 1.82) is 0 Å². The van der Waals surface area contributed by atoms with E-state index < -0.39 is 0 Å². The van der Waals surface area contributed by atoms with Crippen LogP contribution in [0.4, 0.5) is 0 Å². The minimum absolute atomic E-state index is 0.894. The number of aryl methyl sites for hydroxylation is 1. The molecule has 0 bridgehead atoms. The van der Waals surface area contributed by atoms with Gasteiger partial charge < -0.3 is 13.4 Å². The summed E-state index contributed by atoms with van der Waals surface area (Å²) in [4.78, 5) is 0. The lowest BCUT2D eigenvalue weighted by atomic mass is 9.99. The van der Waals surface area contributed by atoms with E-state index in [-0.39, 0.29) is 0 Å². The van der Waals surface area contributed by atoms with Gasteiger partial charge in [-0.1, -0.05) is 93.4 Å². The Kier molecular flexibility index (Phi) is 6.87. The maximum absolute atomic E-state index is 6.33. The van der Waals surface area contributed by atoms with Crippen molar-refractivity contribution < 1.29 is 8.83 Å². The van der Waals surface area contributed by atoms with Crippen molar-refractivity contribution in [1.82, 2.24) is 4.57 Å². The smallest absolute Gasteiger partial charge is 0.135 e. The van der Waals surface area contributed by atoms with Crippen LogP contribution in [-0.4, -0.2) is 4.57 Å². The van der Waals surface area contributed by atoms with Crippen LogP contribution in [0.15, 0.2) is 130 Å². The molecule has 220 valence electrons. The highest BCUT2D eigenvalue weighted by atomic mass is 16.3. The maximum atomic E-state index is 6.33. The van der Waals surface area contributed by atoms with Crippen molar-refractivity contribution in [2.75, 3.05) is 0 Å². The first kappa shape index (κ1) is 27.3. The molecule has 3 aromatic heterocycles. The summed E-state index contributed by atoms with van der Waals surface area (Å²) < 4.78 is 15.0. The van der Waals surface area contributed by atoms with E-state index in [4.69, 9.17) is 8.83 Å². The summed E-state index contributed by atoms with van der Waals surface area (Å²) in [5.41, 5.74) is 9.82. The van der Waals surface area contributed by atoms with E-state index in [1.807, 2.05) is 0 Å². The van der Waals surface area contributed by atoms with Crippen molar-refractivity contribution in [3.63, 3.8) is 0 Å². The van der Waals surface area contributed by atoms with Gasteiger partial charge in [0.05, 0.1) is 11.0 Å². The molecule has 0 unspecified atom stereocenters. The Morgan fingerprint density at radius 2 is 1.22 bits per heavy atom. The lowest BCUT2D eigenvalue weighted by molar-refractivity contribution is 0.599. The van der Waals surface area contributed by atoms with E-state index in [1.54, 1.807) is 0 Å². The topological polar surface area (TPSA) is 31.2 Å². The summed E-state index contributed by atoms with van der Waals surface area (Å²) in [5.74, 6) is 0.943. The number of benzene rings is 5. The average Bonchev–Trinajstić information content (AvgIpc) is 3.74. The Morgan fingerprint density at radius 1 is 0.600 bits per heavy atom. The summed E-state index contributed by atoms with van der Waals surface area (Å²) in [6.07, 6.45) is 13.0. The number of hydrogen-bond acceptors (Lipinski definition) is 2. The highest BCUT2D eigenvalue weighted by Gasteiger charge is 2.16. The second-order valence-corrected chi connectivity index (χ2v) is 11.8. The molecule has 8 aromatic rings. The first-order chi connectivity index (χ1) is 22.2. The standard InChI is InChI=1S/C42H35NO2/c1-3-5-6-7-8-9-18-39-31(4-2)34-25-28(19-22-40(34)44-39)29-20-23-41-35(26-29)36-27-30(21-24-42(36)45-41)43-37-16-12-10-14-32(37)33-15-11-13-17-38(33)43/h7-27H,3-6H2,1-2H3/b8-7+,18-9-. The van der Waals surface area contributed by atoms with Gasteiger partial charge in [-0.2, -0.15) is 0 Å². The number of unbranched alkanes of at least 4 members (excludes halogenated alkanes) is 2. The zero-order chi connectivity index (χ0) is 30.3. The van der Waals surface area contributed by atoms with Gasteiger partial charge in [-0.3, -0.25) is 0 Å². The van der Waals surface area contributed by atoms with Gasteiger partial charge in [0, 0.05) is 38.2 Å². The first-order valence-electron chi connectivity index (χ1n) is 16.1. The fraction of sp³-hybridized carbons (Fsp3) is 0.143. The van der Waals surface area contributed by atoms with E-state index in [1.165, 1.54) is 51.2 Å². The molecule has 8 rings (SSSR count). The number of aromatic nitrogens is 1. The molecule has 0 fully saturated rings. The van der Waals surface area contributed by atoms with E-state index >= 15 is 0 Å². The number of allylic oxidation sites excluding steroid dienone is 3. The molecule has 45 heavy (non-hydrogen) atoms. The predicted molar refractivity (Wildman–Crippen MR) is 190 cm³/mol. The van der Waals surface area contributed by atoms with Crippen molar-refractivity contribution in [3.8, 4) is 16.8 Å². The molecule has 0 aliphatic carbocycles. The molecule has 0 aliphatic heterocycles. The minimum Gasteiger partial charge on any atom is -0.456 e. The molecule has 0 saturated carbocycles. The monoisotopic (exact) mass is 585 g/mol. The summed E-state index contributed by atoms with van der Waals surface area (Å²) in [6.45, 7) is 4.42. The van der Waals surface area contributed by atoms with Crippen LogP contribution in [0.25, 0.3) is 77.6 Å². The second kappa shape index (κ2) is 11.3. The van der Waals surface area contributed by atoms with Crippen LogP contribution in [-0.2, 0) is 6.42 Å². The number of furan rings is 2. The molecule has 0 atom stereocenters. The molecule has 3 nitrogen and oxygen atoms in total. The van der Waals surface area contributed by atoms with Crippen molar-refractivity contribution in [2.45, 2.75) is 39.5 Å². The van der Waals surface area contributed by atoms with Crippen molar-refractivity contribution >= 4 is 60.8 Å². The summed E-state index contributed by atoms with van der Waals surface area (Å²) in [5, 5.41) is 5.93. The van der Waals surface area contributed by atoms with Crippen molar-refractivity contribution in [2.24, 2.45) is 0 Å². The molecule has 5 aromatic carbocycles. The van der Waals surface area contributed by atoms with E-state index in [9.17, 15) is 0 Å². The van der Waals surface area contributed by atoms with Crippen LogP contribution < -0.4 is 0 Å². The number of rotatable bonds is 8. The Bertz CT molecular complexity index is 2360. The lowest BCUT2D eigenvalue weighted by Crippen LogP contribution is -1.93. The molecular formula is C42H35NO2. The molecule has 0 aliphatic rings. The van der Waals surface area contributed by atoms with Gasteiger partial charge in [0.2, 0.25) is 0 Å². The first-order valence-corrected chi connectivity index (χ1v) is 16.1. The van der Waals surface area contributed by atoms with Gasteiger partial charge in [0.25, 0.3) is 0 Å². The van der Waals surface area contributed by atoms with Gasteiger partial charge in [0.15, 0.2) is 0 Å². The summed E-state index contributed by atoms with van der Waals surface area (Å²) in [7, 11) is 0. The fourth-order valence-electron chi connectivity index (χ4n) is 6.77. The predicted octanol–water partition coefficient (Wildman–Crippen LogP) is 12.4. The Morgan fingerprint density at radius 3 is 1.91 bits per heavy atom. The van der Waals surface area contributed by atoms with E-state index in [2.05, 4.69) is 146 Å². The minimum atomic E-state index is 0.894. The number of nitrogens with zero attached hydrogens (tertiary/aromatic N) is 1. The summed E-state index contributed by atoms with van der Waals surface area (Å²) in [6, 6.07) is 36.9. The zero-order valence-corrected chi connectivity index (χ0v) is 25.7. The van der Waals surface area contributed by atoms with Crippen LogP contribution in [0.5, 0.6) is 0 Å². The van der Waals surface area contributed by atoms with Gasteiger partial charge in [0.1, 0.15) is 22.5 Å². The van der Waals surface area contributed by atoms with Gasteiger partial charge in [-0.05, 0) is 84.6 Å². The van der Waals surface area contributed by atoms with Crippen LogP contribution in [0, 0.1) is 0 Å². The number of fused-ring (bicyclic) bond motifs is 7. The zero-order valence-electron chi connectivity index (χ0n) is 25.7. The highest BCUT2D eigenvalue weighted by molar-refractivity contribution is 6.11. The summed E-state index contributed by atoms with van der Waals surface area (Å²) >= 11 is 0. The molecule has 0 saturated heterocycles. The number of para-hydroxylation sites is 2. The highest BCUT2D eigenvalue weighted by Crippen LogP contribution is 2.38. The normalized spacial score (nSPS) is 12.4. The quantitative estimate of drug-likeness (QED) is 0.131. The van der Waals surface area contributed by atoms with Gasteiger partial charge >= 0.3 is 0 Å². The fourth-order valence-corrected chi connectivity index (χ4v) is 6.77. The van der Waals surface area contributed by atoms with E-state index in [0.717, 1.165) is 57.4 Å². The largest absolute Gasteiger partial charge is 0.456 e. The SMILES string of the molecule is CCCC/C=C/C=C\c1oc2ccc(-c3ccc4oc5ccc(-n6c7ccccc7c7ccccc76)cc5c4c3)cc2c1CC. The molecule has 3 heteroatoms. The maximum Gasteiger partial charge on any atom is 0.135 e. The van der Waals surface area contributed by atoms with Crippen LogP contribution in [0.3, 0.4) is 0 Å². The Hall–Kier alpha value is -5.28. The third-order valence-corrected chi connectivity index (χ3v) is 9.02. The molecule has 0 radical (unpaired) electrons. The Labute approximate surface area is 262 Å². The van der Waals surface area contributed by atoms with Crippen molar-refractivity contribution in [3.05, 3.63) is 133 Å². The van der Waals surface area contributed by atoms with Crippen LogP contribution >= 0.6 is 0 Å². The molecule has 0 N–H and O–H groups in total. The molecule has 0 amide bonds.